The molecule has 0 amide bonds. The lowest BCUT2D eigenvalue weighted by atomic mass is 10.1. The Balaban J connectivity index is 2.10. The Kier molecular flexibility index (Phi) is 4.46. The molecule has 0 atom stereocenters. The fourth-order valence-corrected chi connectivity index (χ4v) is 2.11. The van der Waals surface area contributed by atoms with E-state index in [0.29, 0.717) is 13.2 Å². The number of aryl methyl sites for hydroxylation is 2. The molecule has 19 heavy (non-hydrogen) atoms. The summed E-state index contributed by atoms with van der Waals surface area (Å²) in [5.74, 6) is 0.845. The molecule has 2 nitrogen and oxygen atoms in total. The lowest BCUT2D eigenvalue weighted by Gasteiger charge is -2.10. The molecule has 2 aromatic carbocycles. The third-order valence-corrected chi connectivity index (χ3v) is 3.64. The molecule has 0 fully saturated rings. The van der Waals surface area contributed by atoms with E-state index in [1.165, 1.54) is 0 Å². The van der Waals surface area contributed by atoms with E-state index in [9.17, 15) is 0 Å². The van der Waals surface area contributed by atoms with Gasteiger partial charge in [-0.3, -0.25) is 0 Å². The lowest BCUT2D eigenvalue weighted by Crippen LogP contribution is -2.00. The van der Waals surface area contributed by atoms with Gasteiger partial charge in [0.15, 0.2) is 0 Å². The number of ether oxygens (including phenoxy) is 1. The van der Waals surface area contributed by atoms with Gasteiger partial charge in [0, 0.05) is 11.6 Å². The van der Waals surface area contributed by atoms with Crippen molar-refractivity contribution in [1.29, 1.82) is 0 Å². The first-order valence-corrected chi connectivity index (χ1v) is 6.65. The lowest BCUT2D eigenvalue weighted by molar-refractivity contribution is 0.305. The summed E-state index contributed by atoms with van der Waals surface area (Å²) >= 11 is 6.14. The summed E-state index contributed by atoms with van der Waals surface area (Å²) in [6.07, 6.45) is 0. The minimum absolute atomic E-state index is 0.536. The van der Waals surface area contributed by atoms with E-state index >= 15 is 0 Å². The minimum atomic E-state index is 0.536. The molecule has 3 heteroatoms. The van der Waals surface area contributed by atoms with Crippen molar-refractivity contribution in [3.05, 3.63) is 63.7 Å². The van der Waals surface area contributed by atoms with Gasteiger partial charge in [-0.05, 0) is 48.2 Å². The number of nitrogens with two attached hydrogens (primary N) is 1. The van der Waals surface area contributed by atoms with Gasteiger partial charge in [0.1, 0.15) is 12.4 Å². The highest BCUT2D eigenvalue weighted by atomic mass is 35.5. The van der Waals surface area contributed by atoms with Gasteiger partial charge in [0.05, 0.1) is 0 Å². The Hall–Kier alpha value is -1.51. The van der Waals surface area contributed by atoms with Crippen molar-refractivity contribution in [1.82, 2.24) is 0 Å². The van der Waals surface area contributed by atoms with E-state index in [2.05, 4.69) is 6.07 Å². The zero-order chi connectivity index (χ0) is 13.8. The van der Waals surface area contributed by atoms with Crippen molar-refractivity contribution >= 4 is 11.6 Å². The van der Waals surface area contributed by atoms with Crippen molar-refractivity contribution in [3.63, 3.8) is 0 Å². The molecule has 2 aromatic rings. The van der Waals surface area contributed by atoms with E-state index in [1.807, 2.05) is 44.2 Å². The standard InChI is InChI=1S/C16H18ClNO/c1-11-6-15(7-12(2)16(11)17)19-10-14-5-3-4-13(8-14)9-18/h3-8H,9-10,18H2,1-2H3. The maximum atomic E-state index is 6.14. The molecule has 2 rings (SSSR count). The maximum Gasteiger partial charge on any atom is 0.120 e. The van der Waals surface area contributed by atoms with Crippen LogP contribution in [0.25, 0.3) is 0 Å². The van der Waals surface area contributed by atoms with Crippen LogP contribution < -0.4 is 10.5 Å². The van der Waals surface area contributed by atoms with Gasteiger partial charge < -0.3 is 10.5 Å². The van der Waals surface area contributed by atoms with Crippen LogP contribution in [0.15, 0.2) is 36.4 Å². The van der Waals surface area contributed by atoms with E-state index < -0.39 is 0 Å². The van der Waals surface area contributed by atoms with Gasteiger partial charge in [0.2, 0.25) is 0 Å². The minimum Gasteiger partial charge on any atom is -0.489 e. The van der Waals surface area contributed by atoms with Gasteiger partial charge in [-0.1, -0.05) is 35.9 Å². The van der Waals surface area contributed by atoms with Crippen LogP contribution in [-0.2, 0) is 13.2 Å². The number of benzene rings is 2. The van der Waals surface area contributed by atoms with Gasteiger partial charge in [-0.25, -0.2) is 0 Å². The molecule has 0 radical (unpaired) electrons. The van der Waals surface area contributed by atoms with Crippen LogP contribution in [0.1, 0.15) is 22.3 Å². The highest BCUT2D eigenvalue weighted by Gasteiger charge is 2.04. The molecule has 0 aliphatic rings. The highest BCUT2D eigenvalue weighted by molar-refractivity contribution is 6.32. The Morgan fingerprint density at radius 3 is 2.32 bits per heavy atom. The number of halogens is 1. The van der Waals surface area contributed by atoms with Crippen LogP contribution in [0.4, 0.5) is 0 Å². The summed E-state index contributed by atoms with van der Waals surface area (Å²) in [5, 5.41) is 0.803. The van der Waals surface area contributed by atoms with Crippen LogP contribution >= 0.6 is 11.6 Å². The fraction of sp³-hybridized carbons (Fsp3) is 0.250. The van der Waals surface area contributed by atoms with Crippen LogP contribution in [0.5, 0.6) is 5.75 Å². The molecule has 0 aromatic heterocycles. The fourth-order valence-electron chi connectivity index (χ4n) is 2.00. The Labute approximate surface area is 119 Å². The van der Waals surface area contributed by atoms with Crippen LogP contribution in [0, 0.1) is 13.8 Å². The summed E-state index contributed by atoms with van der Waals surface area (Å²) in [6.45, 7) is 5.05. The predicted octanol–water partition coefficient (Wildman–Crippen LogP) is 3.99. The van der Waals surface area contributed by atoms with Crippen molar-refractivity contribution in [2.75, 3.05) is 0 Å². The van der Waals surface area contributed by atoms with E-state index in [-0.39, 0.29) is 0 Å². The van der Waals surface area contributed by atoms with Crippen molar-refractivity contribution in [3.8, 4) is 5.75 Å². The average molecular weight is 276 g/mol. The molecule has 100 valence electrons. The summed E-state index contributed by atoms with van der Waals surface area (Å²) in [4.78, 5) is 0. The molecule has 0 heterocycles. The maximum absolute atomic E-state index is 6.14. The molecular formula is C16H18ClNO. The predicted molar refractivity (Wildman–Crippen MR) is 79.6 cm³/mol. The summed E-state index contributed by atoms with van der Waals surface area (Å²) in [5.41, 5.74) is 9.93. The number of rotatable bonds is 4. The quantitative estimate of drug-likeness (QED) is 0.915. The first-order valence-electron chi connectivity index (χ1n) is 6.27. The molecular weight excluding hydrogens is 258 g/mol. The highest BCUT2D eigenvalue weighted by Crippen LogP contribution is 2.26. The monoisotopic (exact) mass is 275 g/mol. The van der Waals surface area contributed by atoms with Crippen molar-refractivity contribution in [2.24, 2.45) is 5.73 Å². The van der Waals surface area contributed by atoms with Crippen molar-refractivity contribution in [2.45, 2.75) is 27.0 Å². The molecule has 0 saturated heterocycles. The smallest absolute Gasteiger partial charge is 0.120 e. The summed E-state index contributed by atoms with van der Waals surface area (Å²) in [7, 11) is 0. The van der Waals surface area contributed by atoms with E-state index in [1.54, 1.807) is 0 Å². The van der Waals surface area contributed by atoms with Crippen LogP contribution in [-0.4, -0.2) is 0 Å². The first-order chi connectivity index (χ1) is 9.10. The van der Waals surface area contributed by atoms with Crippen LogP contribution in [0.2, 0.25) is 5.02 Å². The van der Waals surface area contributed by atoms with E-state index in [0.717, 1.165) is 33.0 Å². The normalized spacial score (nSPS) is 10.5. The largest absolute Gasteiger partial charge is 0.489 e. The van der Waals surface area contributed by atoms with Gasteiger partial charge in [0.25, 0.3) is 0 Å². The SMILES string of the molecule is Cc1cc(OCc2cccc(CN)c2)cc(C)c1Cl. The molecule has 0 unspecified atom stereocenters. The summed E-state index contributed by atoms with van der Waals surface area (Å²) in [6, 6.07) is 12.0. The average Bonchev–Trinajstić information content (AvgIpc) is 2.42. The van der Waals surface area contributed by atoms with Gasteiger partial charge in [-0.15, -0.1) is 0 Å². The van der Waals surface area contributed by atoms with Crippen molar-refractivity contribution < 1.29 is 4.74 Å². The second-order valence-corrected chi connectivity index (χ2v) is 5.06. The Bertz CT molecular complexity index is 558. The molecule has 0 spiro atoms. The molecule has 0 aliphatic heterocycles. The molecule has 0 aliphatic carbocycles. The number of hydrogen-bond acceptors (Lipinski definition) is 2. The third-order valence-electron chi connectivity index (χ3n) is 3.04. The first kappa shape index (κ1) is 13.9. The molecule has 0 bridgehead atoms. The second-order valence-electron chi connectivity index (χ2n) is 4.68. The van der Waals surface area contributed by atoms with Gasteiger partial charge >= 0.3 is 0 Å². The zero-order valence-electron chi connectivity index (χ0n) is 11.2. The zero-order valence-corrected chi connectivity index (χ0v) is 12.0. The third kappa shape index (κ3) is 3.49. The Morgan fingerprint density at radius 2 is 1.68 bits per heavy atom. The van der Waals surface area contributed by atoms with Crippen LogP contribution in [0.3, 0.4) is 0 Å². The van der Waals surface area contributed by atoms with Gasteiger partial charge in [-0.2, -0.15) is 0 Å². The Morgan fingerprint density at radius 1 is 1.05 bits per heavy atom. The molecule has 2 N–H and O–H groups in total. The topological polar surface area (TPSA) is 35.2 Å². The van der Waals surface area contributed by atoms with E-state index in [4.69, 9.17) is 22.1 Å². The molecule has 0 saturated carbocycles. The summed E-state index contributed by atoms with van der Waals surface area (Å²) < 4.78 is 5.81. The second kappa shape index (κ2) is 6.09. The number of hydrogen-bond donors (Lipinski definition) is 1.